The van der Waals surface area contributed by atoms with Crippen molar-refractivity contribution in [2.45, 2.75) is 89.5 Å². The van der Waals surface area contributed by atoms with Gasteiger partial charge < -0.3 is 4.90 Å². The van der Waals surface area contributed by atoms with Crippen molar-refractivity contribution in [1.29, 1.82) is 0 Å². The number of hydrogen-bond donors (Lipinski definition) is 0. The third-order valence-electron chi connectivity index (χ3n) is 8.37. The molecule has 1 aliphatic carbocycles. The van der Waals surface area contributed by atoms with E-state index in [2.05, 4.69) is 4.90 Å². The molecule has 1 spiro atoms. The minimum Gasteiger partial charge on any atom is -0.341 e. The van der Waals surface area contributed by atoms with Gasteiger partial charge >= 0.3 is 0 Å². The molecule has 4 heterocycles. The summed E-state index contributed by atoms with van der Waals surface area (Å²) >= 11 is 0. The van der Waals surface area contributed by atoms with Crippen LogP contribution in [0.2, 0.25) is 0 Å². The van der Waals surface area contributed by atoms with Crippen molar-refractivity contribution in [2.24, 2.45) is 5.41 Å². The van der Waals surface area contributed by atoms with Gasteiger partial charge in [-0.05, 0) is 56.9 Å². The smallest absolute Gasteiger partial charge is 0.253 e. The van der Waals surface area contributed by atoms with Crippen LogP contribution in [0.15, 0.2) is 10.9 Å². The van der Waals surface area contributed by atoms with E-state index in [1.54, 1.807) is 6.07 Å². The van der Waals surface area contributed by atoms with E-state index in [1.807, 2.05) is 9.47 Å². The highest BCUT2D eigenvalue weighted by Crippen LogP contribution is 2.43. The highest BCUT2D eigenvalue weighted by Gasteiger charge is 2.39. The lowest BCUT2D eigenvalue weighted by Crippen LogP contribution is -2.45. The monoisotopic (exact) mass is 426 g/mol. The number of rotatable bonds is 3. The highest BCUT2D eigenvalue weighted by atomic mass is 16.2. The van der Waals surface area contributed by atoms with Gasteiger partial charge in [-0.1, -0.05) is 25.7 Å². The first-order valence-corrected chi connectivity index (χ1v) is 12.7. The maximum atomic E-state index is 13.1. The van der Waals surface area contributed by atoms with Crippen LogP contribution in [0.4, 0.5) is 0 Å². The topological polar surface area (TPSA) is 58.4 Å². The van der Waals surface area contributed by atoms with Crippen molar-refractivity contribution in [2.75, 3.05) is 32.7 Å². The fourth-order valence-corrected chi connectivity index (χ4v) is 6.55. The maximum Gasteiger partial charge on any atom is 0.253 e. The average molecular weight is 427 g/mol. The molecule has 1 atom stereocenters. The van der Waals surface area contributed by atoms with Gasteiger partial charge in [0.1, 0.15) is 5.82 Å². The van der Waals surface area contributed by atoms with Gasteiger partial charge in [0.15, 0.2) is 0 Å². The Morgan fingerprint density at radius 1 is 1.00 bits per heavy atom. The second-order valence-corrected chi connectivity index (χ2v) is 10.6. The van der Waals surface area contributed by atoms with Crippen LogP contribution in [0.25, 0.3) is 0 Å². The second-order valence-electron chi connectivity index (χ2n) is 10.6. The molecule has 0 unspecified atom stereocenters. The predicted molar refractivity (Wildman–Crippen MR) is 121 cm³/mol. The molecule has 1 saturated carbocycles. The number of aromatic nitrogens is 2. The summed E-state index contributed by atoms with van der Waals surface area (Å²) in [7, 11) is 0. The second kappa shape index (κ2) is 9.05. The molecule has 1 aromatic heterocycles. The molecule has 0 bridgehead atoms. The highest BCUT2D eigenvalue weighted by molar-refractivity contribution is 5.78. The Labute approximate surface area is 186 Å². The van der Waals surface area contributed by atoms with E-state index in [9.17, 15) is 9.59 Å². The van der Waals surface area contributed by atoms with Crippen LogP contribution in [0.1, 0.15) is 88.1 Å². The van der Waals surface area contributed by atoms with E-state index in [0.29, 0.717) is 18.5 Å². The van der Waals surface area contributed by atoms with Crippen LogP contribution in [-0.2, 0) is 17.8 Å². The Balaban J connectivity index is 1.22. The fourth-order valence-electron chi connectivity index (χ4n) is 6.55. The van der Waals surface area contributed by atoms with Crippen molar-refractivity contribution in [1.82, 2.24) is 19.4 Å². The third kappa shape index (κ3) is 4.59. The number of hydrogen-bond acceptors (Lipinski definition) is 4. The summed E-state index contributed by atoms with van der Waals surface area (Å²) in [5.41, 5.74) is 1.51. The first kappa shape index (κ1) is 21.2. The molecule has 0 aromatic carbocycles. The molecular formula is C25H38N4O2. The van der Waals surface area contributed by atoms with Crippen molar-refractivity contribution >= 4 is 5.91 Å². The minimum atomic E-state index is 0.0974. The van der Waals surface area contributed by atoms with Crippen molar-refractivity contribution < 1.29 is 4.79 Å². The van der Waals surface area contributed by atoms with E-state index >= 15 is 0 Å². The van der Waals surface area contributed by atoms with Gasteiger partial charge in [0.25, 0.3) is 5.56 Å². The molecule has 1 amide bonds. The summed E-state index contributed by atoms with van der Waals surface area (Å²) in [6.07, 6.45) is 14.4. The number of carbonyl (C=O) groups is 1. The molecule has 1 aromatic rings. The van der Waals surface area contributed by atoms with E-state index in [-0.39, 0.29) is 17.4 Å². The minimum absolute atomic E-state index is 0.0974. The first-order chi connectivity index (χ1) is 15.1. The Kier molecular flexibility index (Phi) is 6.18. The number of amides is 1. The molecular weight excluding hydrogens is 388 g/mol. The third-order valence-corrected chi connectivity index (χ3v) is 8.37. The number of likely N-dealkylation sites (tertiary alicyclic amines) is 2. The number of nitrogens with zero attached hydrogens (tertiary/aromatic N) is 4. The fraction of sp³-hybridized carbons (Fsp3) is 0.800. The Morgan fingerprint density at radius 2 is 1.84 bits per heavy atom. The lowest BCUT2D eigenvalue weighted by Gasteiger charge is -2.35. The Hall–Kier alpha value is -1.69. The summed E-state index contributed by atoms with van der Waals surface area (Å²) in [5.74, 6) is 1.42. The van der Waals surface area contributed by atoms with E-state index in [1.165, 1.54) is 44.9 Å². The van der Waals surface area contributed by atoms with E-state index in [4.69, 9.17) is 4.98 Å². The Bertz CT molecular complexity index is 858. The van der Waals surface area contributed by atoms with Crippen LogP contribution in [0, 0.1) is 5.41 Å². The summed E-state index contributed by atoms with van der Waals surface area (Å²) in [5, 5.41) is 0. The van der Waals surface area contributed by atoms with Crippen molar-refractivity contribution in [3.05, 3.63) is 27.9 Å². The van der Waals surface area contributed by atoms with E-state index < -0.39 is 0 Å². The van der Waals surface area contributed by atoms with Crippen LogP contribution in [-0.4, -0.2) is 58.0 Å². The lowest BCUT2D eigenvalue weighted by molar-refractivity contribution is -0.133. The molecule has 0 radical (unpaired) electrons. The van der Waals surface area contributed by atoms with E-state index in [0.717, 1.165) is 69.8 Å². The predicted octanol–water partition coefficient (Wildman–Crippen LogP) is 3.33. The summed E-state index contributed by atoms with van der Waals surface area (Å²) in [6.45, 7) is 5.11. The van der Waals surface area contributed by atoms with Gasteiger partial charge in [-0.2, -0.15) is 0 Å². The standard InChI is InChI=1S/C25H38N4O2/c30-23-16-21(26-22-9-3-1-6-14-29(22)23)20-8-7-13-28(17-20)24(31)18-27-15-12-25(19-27)10-4-2-5-11-25/h16,20H,1-15,17-19H2/t20-/m0/s1. The molecule has 4 aliphatic rings. The SMILES string of the molecule is O=C(CN1CCC2(CCCCC2)C1)N1CCC[C@H](c2cc(=O)n3c(n2)CCCCC3)C1. The molecule has 3 fully saturated rings. The maximum absolute atomic E-state index is 13.1. The molecule has 0 N–H and O–H groups in total. The van der Waals surface area contributed by atoms with Gasteiger partial charge in [0.05, 0.1) is 12.2 Å². The first-order valence-electron chi connectivity index (χ1n) is 12.7. The lowest BCUT2D eigenvalue weighted by atomic mass is 9.73. The molecule has 170 valence electrons. The molecule has 6 nitrogen and oxygen atoms in total. The zero-order valence-corrected chi connectivity index (χ0v) is 19.0. The summed E-state index contributed by atoms with van der Waals surface area (Å²) in [6, 6.07) is 1.75. The van der Waals surface area contributed by atoms with Crippen LogP contribution in [0.3, 0.4) is 0 Å². The van der Waals surface area contributed by atoms with Gasteiger partial charge in [-0.15, -0.1) is 0 Å². The van der Waals surface area contributed by atoms with Crippen LogP contribution >= 0.6 is 0 Å². The molecule has 5 rings (SSSR count). The Morgan fingerprint density at radius 3 is 2.71 bits per heavy atom. The summed E-state index contributed by atoms with van der Waals surface area (Å²) in [4.78, 5) is 35.2. The van der Waals surface area contributed by atoms with Gasteiger partial charge in [-0.25, -0.2) is 4.98 Å². The normalized spacial score (nSPS) is 26.6. The molecule has 31 heavy (non-hydrogen) atoms. The van der Waals surface area contributed by atoms with Gasteiger partial charge in [-0.3, -0.25) is 19.1 Å². The number of piperidine rings is 1. The summed E-state index contributed by atoms with van der Waals surface area (Å²) < 4.78 is 1.87. The van der Waals surface area contributed by atoms with Gasteiger partial charge in [0.2, 0.25) is 5.91 Å². The molecule has 6 heteroatoms. The average Bonchev–Trinajstić information content (AvgIpc) is 3.00. The van der Waals surface area contributed by atoms with Crippen molar-refractivity contribution in [3.8, 4) is 0 Å². The zero-order chi connectivity index (χ0) is 21.3. The van der Waals surface area contributed by atoms with Crippen LogP contribution in [0.5, 0.6) is 0 Å². The van der Waals surface area contributed by atoms with Gasteiger partial charge in [0, 0.05) is 44.6 Å². The zero-order valence-electron chi connectivity index (χ0n) is 19.0. The van der Waals surface area contributed by atoms with Crippen LogP contribution < -0.4 is 5.56 Å². The molecule has 2 saturated heterocycles. The largest absolute Gasteiger partial charge is 0.341 e. The van der Waals surface area contributed by atoms with Crippen molar-refractivity contribution in [3.63, 3.8) is 0 Å². The molecule has 3 aliphatic heterocycles. The number of fused-ring (bicyclic) bond motifs is 1. The quantitative estimate of drug-likeness (QED) is 0.744. The number of carbonyl (C=O) groups excluding carboxylic acids is 1. The number of aryl methyl sites for hydroxylation is 1.